The van der Waals surface area contributed by atoms with E-state index in [1.807, 2.05) is 0 Å². The molecular formula is C43H46Cl2F6O13. The molecule has 10 atom stereocenters. The summed E-state index contributed by atoms with van der Waals surface area (Å²) in [6.45, 7) is -3.93. The van der Waals surface area contributed by atoms with Crippen molar-refractivity contribution in [3.05, 3.63) is 128 Å². The highest BCUT2D eigenvalue weighted by atomic mass is 35.5. The number of halogens is 8. The normalized spacial score (nSPS) is 27.4. The SMILES string of the molecule is COC1(c2ccc(Cl)c(Cc3ccc(OCC(F)(F)F)cc3)c2)O[C@H](CO)[C@@H](O)[C@H](O)[C@H]1O.OC[C@H]1OC(c2ccc(Cl)c(Cc3ccc(OCC(F)(F)F)cc3)c2)[C@H](O)[C@@H](O)[C@@H]1O. The average Bonchev–Trinajstić information content (AvgIpc) is 3.26. The molecule has 2 aliphatic rings. The van der Waals surface area contributed by atoms with Gasteiger partial charge in [-0.2, -0.15) is 26.3 Å². The van der Waals surface area contributed by atoms with Gasteiger partial charge in [-0.25, -0.2) is 0 Å². The molecule has 4 aromatic rings. The van der Waals surface area contributed by atoms with E-state index in [0.717, 1.165) is 5.56 Å². The van der Waals surface area contributed by atoms with Crippen LogP contribution in [-0.2, 0) is 32.8 Å². The number of alkyl halides is 6. The van der Waals surface area contributed by atoms with Gasteiger partial charge in [-0.15, -0.1) is 0 Å². The van der Waals surface area contributed by atoms with E-state index in [0.29, 0.717) is 38.7 Å². The second kappa shape index (κ2) is 21.7. The third-order valence-electron chi connectivity index (χ3n) is 10.4. The van der Waals surface area contributed by atoms with Crippen LogP contribution in [0.15, 0.2) is 84.9 Å². The lowest BCUT2D eigenvalue weighted by atomic mass is 9.87. The maximum absolute atomic E-state index is 12.3. The van der Waals surface area contributed by atoms with Crippen molar-refractivity contribution in [3.63, 3.8) is 0 Å². The summed E-state index contributed by atoms with van der Waals surface area (Å²) in [6, 6.07) is 21.6. The molecule has 8 N–H and O–H groups in total. The van der Waals surface area contributed by atoms with Gasteiger partial charge in [0.25, 0.3) is 0 Å². The molecule has 13 nitrogen and oxygen atoms in total. The fourth-order valence-corrected chi connectivity index (χ4v) is 7.42. The van der Waals surface area contributed by atoms with Crippen molar-refractivity contribution >= 4 is 23.2 Å². The Balaban J connectivity index is 0.000000241. The zero-order valence-corrected chi connectivity index (χ0v) is 35.2. The van der Waals surface area contributed by atoms with Crippen LogP contribution >= 0.6 is 23.2 Å². The Morgan fingerprint density at radius 1 is 0.594 bits per heavy atom. The Hall–Kier alpha value is -3.80. The minimum Gasteiger partial charge on any atom is -0.484 e. The molecule has 0 spiro atoms. The Kier molecular flexibility index (Phi) is 17.3. The minimum atomic E-state index is -4.44. The van der Waals surface area contributed by atoms with Gasteiger partial charge in [-0.05, 0) is 83.1 Å². The van der Waals surface area contributed by atoms with Crippen molar-refractivity contribution in [2.75, 3.05) is 33.5 Å². The van der Waals surface area contributed by atoms with Crippen molar-refractivity contribution in [2.45, 2.75) is 85.9 Å². The van der Waals surface area contributed by atoms with Crippen LogP contribution < -0.4 is 9.47 Å². The molecule has 0 bridgehead atoms. The van der Waals surface area contributed by atoms with Crippen LogP contribution in [0, 0.1) is 0 Å². The Labute approximate surface area is 372 Å². The maximum atomic E-state index is 12.3. The molecule has 0 radical (unpaired) electrons. The van der Waals surface area contributed by atoms with Gasteiger partial charge in [0.15, 0.2) is 13.2 Å². The van der Waals surface area contributed by atoms with E-state index >= 15 is 0 Å². The van der Waals surface area contributed by atoms with Crippen LogP contribution in [0.2, 0.25) is 10.0 Å². The van der Waals surface area contributed by atoms with Crippen LogP contribution in [0.25, 0.3) is 0 Å². The monoisotopic (exact) mass is 954 g/mol. The lowest BCUT2D eigenvalue weighted by molar-refractivity contribution is -0.366. The molecule has 2 unspecified atom stereocenters. The highest BCUT2D eigenvalue weighted by Crippen LogP contribution is 2.41. The molecular weight excluding hydrogens is 909 g/mol. The summed E-state index contributed by atoms with van der Waals surface area (Å²) in [6.07, 6.45) is -20.7. The highest BCUT2D eigenvalue weighted by molar-refractivity contribution is 6.31. The van der Waals surface area contributed by atoms with Gasteiger partial charge in [-0.3, -0.25) is 0 Å². The molecule has 0 amide bonds. The van der Waals surface area contributed by atoms with E-state index < -0.39 is 99.5 Å². The van der Waals surface area contributed by atoms with Gasteiger partial charge >= 0.3 is 12.4 Å². The summed E-state index contributed by atoms with van der Waals surface area (Å²) in [5.41, 5.74) is 3.47. The number of aliphatic hydroxyl groups excluding tert-OH is 8. The Morgan fingerprint density at radius 3 is 1.53 bits per heavy atom. The van der Waals surface area contributed by atoms with E-state index in [1.54, 1.807) is 48.5 Å². The molecule has 0 aromatic heterocycles. The van der Waals surface area contributed by atoms with Crippen molar-refractivity contribution < 1.29 is 90.9 Å². The maximum Gasteiger partial charge on any atom is 0.422 e. The van der Waals surface area contributed by atoms with Crippen LogP contribution in [-0.4, -0.2) is 136 Å². The number of ether oxygens (including phenoxy) is 5. The molecule has 2 aliphatic heterocycles. The van der Waals surface area contributed by atoms with Gasteiger partial charge in [0.2, 0.25) is 5.79 Å². The molecule has 2 heterocycles. The Morgan fingerprint density at radius 2 is 1.06 bits per heavy atom. The minimum absolute atomic E-state index is 0.0653. The van der Waals surface area contributed by atoms with E-state index in [4.69, 9.17) is 42.1 Å². The molecule has 0 aliphatic carbocycles. The van der Waals surface area contributed by atoms with Crippen LogP contribution in [0.4, 0.5) is 26.3 Å². The highest BCUT2D eigenvalue weighted by Gasteiger charge is 2.55. The van der Waals surface area contributed by atoms with E-state index in [2.05, 4.69) is 4.74 Å². The summed E-state index contributed by atoms with van der Waals surface area (Å²) >= 11 is 12.6. The smallest absolute Gasteiger partial charge is 0.422 e. The molecule has 2 fully saturated rings. The lowest BCUT2D eigenvalue weighted by Gasteiger charge is -2.47. The topological polar surface area (TPSA) is 208 Å². The molecule has 6 rings (SSSR count). The zero-order chi connectivity index (χ0) is 47.1. The van der Waals surface area contributed by atoms with E-state index in [1.165, 1.54) is 43.5 Å². The van der Waals surface area contributed by atoms with Gasteiger partial charge in [0.1, 0.15) is 66.4 Å². The number of benzene rings is 4. The second-order valence-corrected chi connectivity index (χ2v) is 15.8. The second-order valence-electron chi connectivity index (χ2n) is 15.0. The van der Waals surface area contributed by atoms with Crippen LogP contribution in [0.1, 0.15) is 39.5 Å². The number of hydrogen-bond acceptors (Lipinski definition) is 13. The molecule has 4 aromatic carbocycles. The quantitative estimate of drug-likeness (QED) is 0.0869. The molecule has 64 heavy (non-hydrogen) atoms. The van der Waals surface area contributed by atoms with Crippen molar-refractivity contribution in [2.24, 2.45) is 0 Å². The van der Waals surface area contributed by atoms with Crippen LogP contribution in [0.3, 0.4) is 0 Å². The summed E-state index contributed by atoms with van der Waals surface area (Å²) in [5, 5.41) is 80.9. The van der Waals surface area contributed by atoms with Crippen molar-refractivity contribution in [1.29, 1.82) is 0 Å². The summed E-state index contributed by atoms with van der Waals surface area (Å²) in [4.78, 5) is 0. The summed E-state index contributed by atoms with van der Waals surface area (Å²) in [7, 11) is 1.25. The molecule has 352 valence electrons. The Bertz CT molecular complexity index is 2110. The largest absolute Gasteiger partial charge is 0.484 e. The van der Waals surface area contributed by atoms with Gasteiger partial charge in [0.05, 0.1) is 13.2 Å². The van der Waals surface area contributed by atoms with Gasteiger partial charge in [-0.1, -0.05) is 65.7 Å². The third-order valence-corrected chi connectivity index (χ3v) is 11.2. The predicted molar refractivity (Wildman–Crippen MR) is 216 cm³/mol. The van der Waals surface area contributed by atoms with Gasteiger partial charge in [0, 0.05) is 22.7 Å². The first kappa shape index (κ1) is 51.2. The zero-order valence-electron chi connectivity index (χ0n) is 33.7. The summed E-state index contributed by atoms with van der Waals surface area (Å²) < 4.78 is 99.7. The first-order valence-electron chi connectivity index (χ1n) is 19.4. The van der Waals surface area contributed by atoms with E-state index in [-0.39, 0.29) is 23.5 Å². The lowest BCUT2D eigenvalue weighted by Crippen LogP contribution is -2.64. The number of hydrogen-bond donors (Lipinski definition) is 8. The summed E-state index contributed by atoms with van der Waals surface area (Å²) in [5.74, 6) is -1.74. The standard InChI is InChI=1S/C22H24ClF3O7.C21H22ClF3O6/c1-31-22(20(30)19(29)18(28)17(10-27)33-22)14-4-7-16(23)13(9-14)8-12-2-5-15(6-3-12)32-11-21(24,25)26;22-15-6-3-12(20-19(29)18(28)17(27)16(9-26)31-20)8-13(15)7-11-1-4-14(5-2-11)30-10-21(23,24)25/h2-7,9,17-20,27-30H,8,10-11H2,1H3;1-6,8,16-20,26-29H,7,9-10H2/t17-,18-,19+,20-,22?;16-,17-,18+,19-,20?/m11/s1. The average molecular weight is 956 g/mol. The third kappa shape index (κ3) is 12.8. The molecule has 21 heteroatoms. The predicted octanol–water partition coefficient (Wildman–Crippen LogP) is 4.53. The van der Waals surface area contributed by atoms with Crippen molar-refractivity contribution in [3.8, 4) is 11.5 Å². The van der Waals surface area contributed by atoms with Gasteiger partial charge < -0.3 is 64.5 Å². The first-order valence-corrected chi connectivity index (χ1v) is 20.2. The molecule has 2 saturated heterocycles. The van der Waals surface area contributed by atoms with Crippen LogP contribution in [0.5, 0.6) is 11.5 Å². The fraction of sp³-hybridized carbons (Fsp3) is 0.442. The fourth-order valence-electron chi connectivity index (χ4n) is 7.05. The molecule has 0 saturated carbocycles. The number of aliphatic hydroxyl groups is 8. The first-order chi connectivity index (χ1) is 30.1. The van der Waals surface area contributed by atoms with Crippen molar-refractivity contribution in [1.82, 2.24) is 0 Å². The number of rotatable bonds is 13. The number of methoxy groups -OCH3 is 1. The van der Waals surface area contributed by atoms with E-state index in [9.17, 15) is 67.2 Å².